The standard InChI is InChI=1S/C24H21NO3/c1-3-16-27-23-15-10-19(17-24(23)26-4-2)18-25-20-11-13-22(14-12-20)28-21-8-6-5-7-9-21/h1,5-15,17-18H,4,16H2,2H3. The van der Waals surface area contributed by atoms with Gasteiger partial charge in [0, 0.05) is 6.21 Å². The van der Waals surface area contributed by atoms with Crippen LogP contribution in [0.5, 0.6) is 23.0 Å². The van der Waals surface area contributed by atoms with E-state index in [1.54, 1.807) is 6.21 Å². The van der Waals surface area contributed by atoms with Crippen LogP contribution in [-0.4, -0.2) is 19.4 Å². The molecule has 3 aromatic carbocycles. The summed E-state index contributed by atoms with van der Waals surface area (Å²) in [6, 6.07) is 22.9. The van der Waals surface area contributed by atoms with Gasteiger partial charge in [-0.05, 0) is 67.1 Å². The Bertz CT molecular complexity index is 957. The highest BCUT2D eigenvalue weighted by atomic mass is 16.5. The van der Waals surface area contributed by atoms with Crippen LogP contribution >= 0.6 is 0 Å². The molecule has 4 nitrogen and oxygen atoms in total. The van der Waals surface area contributed by atoms with Crippen molar-refractivity contribution in [2.24, 2.45) is 4.99 Å². The van der Waals surface area contributed by atoms with E-state index < -0.39 is 0 Å². The fourth-order valence-electron chi connectivity index (χ4n) is 2.49. The molecule has 0 atom stereocenters. The molecule has 0 aliphatic heterocycles. The average Bonchev–Trinajstić information content (AvgIpc) is 2.73. The number of ether oxygens (including phenoxy) is 3. The number of aliphatic imine (C=N–C) groups is 1. The molecule has 0 aliphatic rings. The lowest BCUT2D eigenvalue weighted by Crippen LogP contribution is -1.99. The minimum Gasteiger partial charge on any atom is -0.490 e. The van der Waals surface area contributed by atoms with Crippen molar-refractivity contribution < 1.29 is 14.2 Å². The van der Waals surface area contributed by atoms with E-state index in [2.05, 4.69) is 10.9 Å². The predicted molar refractivity (Wildman–Crippen MR) is 112 cm³/mol. The number of hydrogen-bond acceptors (Lipinski definition) is 4. The third kappa shape index (κ3) is 5.39. The summed E-state index contributed by atoms with van der Waals surface area (Å²) in [5.74, 6) is 5.29. The van der Waals surface area contributed by atoms with Gasteiger partial charge in [-0.2, -0.15) is 0 Å². The summed E-state index contributed by atoms with van der Waals surface area (Å²) >= 11 is 0. The monoisotopic (exact) mass is 371 g/mol. The van der Waals surface area contributed by atoms with Gasteiger partial charge < -0.3 is 14.2 Å². The Kier molecular flexibility index (Phi) is 6.70. The lowest BCUT2D eigenvalue weighted by molar-refractivity contribution is 0.299. The summed E-state index contributed by atoms with van der Waals surface area (Å²) in [5, 5.41) is 0. The second kappa shape index (κ2) is 9.84. The van der Waals surface area contributed by atoms with E-state index in [1.165, 1.54) is 0 Å². The van der Waals surface area contributed by atoms with Gasteiger partial charge in [0.15, 0.2) is 11.5 Å². The van der Waals surface area contributed by atoms with Crippen molar-refractivity contribution in [2.45, 2.75) is 6.92 Å². The highest BCUT2D eigenvalue weighted by Crippen LogP contribution is 2.28. The quantitative estimate of drug-likeness (QED) is 0.380. The molecule has 0 unspecified atom stereocenters. The molecule has 0 saturated heterocycles. The van der Waals surface area contributed by atoms with E-state index >= 15 is 0 Å². The smallest absolute Gasteiger partial charge is 0.162 e. The van der Waals surface area contributed by atoms with Gasteiger partial charge in [-0.25, -0.2) is 0 Å². The van der Waals surface area contributed by atoms with Crippen LogP contribution in [-0.2, 0) is 0 Å². The first-order valence-electron chi connectivity index (χ1n) is 8.98. The lowest BCUT2D eigenvalue weighted by Gasteiger charge is -2.10. The zero-order chi connectivity index (χ0) is 19.6. The molecule has 3 rings (SSSR count). The molecular formula is C24H21NO3. The van der Waals surface area contributed by atoms with Gasteiger partial charge in [0.1, 0.15) is 18.1 Å². The molecule has 28 heavy (non-hydrogen) atoms. The van der Waals surface area contributed by atoms with Crippen LogP contribution in [0, 0.1) is 12.3 Å². The molecule has 0 aliphatic carbocycles. The molecule has 0 bridgehead atoms. The topological polar surface area (TPSA) is 40.0 Å². The van der Waals surface area contributed by atoms with Gasteiger partial charge in [0.25, 0.3) is 0 Å². The van der Waals surface area contributed by atoms with E-state index in [0.717, 1.165) is 22.7 Å². The first kappa shape index (κ1) is 19.1. The molecule has 0 spiro atoms. The normalized spacial score (nSPS) is 10.4. The van der Waals surface area contributed by atoms with Gasteiger partial charge in [-0.15, -0.1) is 6.42 Å². The van der Waals surface area contributed by atoms with E-state index in [4.69, 9.17) is 20.6 Å². The first-order chi connectivity index (χ1) is 13.8. The largest absolute Gasteiger partial charge is 0.490 e. The Morgan fingerprint density at radius 2 is 1.64 bits per heavy atom. The summed E-state index contributed by atoms with van der Waals surface area (Å²) in [7, 11) is 0. The lowest BCUT2D eigenvalue weighted by atomic mass is 10.2. The van der Waals surface area contributed by atoms with Crippen LogP contribution in [0.15, 0.2) is 77.8 Å². The molecule has 0 heterocycles. The number of nitrogens with zero attached hydrogens (tertiary/aromatic N) is 1. The van der Waals surface area contributed by atoms with Crippen LogP contribution in [0.1, 0.15) is 12.5 Å². The maximum Gasteiger partial charge on any atom is 0.162 e. The molecule has 4 heteroatoms. The maximum atomic E-state index is 5.79. The van der Waals surface area contributed by atoms with Crippen molar-refractivity contribution in [2.75, 3.05) is 13.2 Å². The number of hydrogen-bond donors (Lipinski definition) is 0. The van der Waals surface area contributed by atoms with Gasteiger partial charge in [-0.3, -0.25) is 4.99 Å². The summed E-state index contributed by atoms with van der Waals surface area (Å²) in [5.41, 5.74) is 1.73. The Balaban J connectivity index is 1.69. The van der Waals surface area contributed by atoms with Gasteiger partial charge >= 0.3 is 0 Å². The van der Waals surface area contributed by atoms with Crippen LogP contribution in [0.2, 0.25) is 0 Å². The zero-order valence-electron chi connectivity index (χ0n) is 15.7. The van der Waals surface area contributed by atoms with Gasteiger partial charge in [-0.1, -0.05) is 24.1 Å². The molecule has 0 aromatic heterocycles. The summed E-state index contributed by atoms with van der Waals surface area (Å²) < 4.78 is 16.9. The third-order valence-electron chi connectivity index (χ3n) is 3.76. The molecule has 0 fully saturated rings. The number of para-hydroxylation sites is 1. The van der Waals surface area contributed by atoms with Crippen LogP contribution in [0.25, 0.3) is 0 Å². The highest BCUT2D eigenvalue weighted by Gasteiger charge is 2.05. The summed E-state index contributed by atoms with van der Waals surface area (Å²) in [6.45, 7) is 2.66. The highest BCUT2D eigenvalue weighted by molar-refractivity contribution is 5.83. The number of benzene rings is 3. The molecule has 0 N–H and O–H groups in total. The van der Waals surface area contributed by atoms with Gasteiger partial charge in [0.05, 0.1) is 12.3 Å². The summed E-state index contributed by atoms with van der Waals surface area (Å²) in [4.78, 5) is 4.51. The van der Waals surface area contributed by atoms with Crippen LogP contribution < -0.4 is 14.2 Å². The van der Waals surface area contributed by atoms with Crippen LogP contribution in [0.3, 0.4) is 0 Å². The van der Waals surface area contributed by atoms with Crippen molar-refractivity contribution in [3.63, 3.8) is 0 Å². The Morgan fingerprint density at radius 1 is 0.893 bits per heavy atom. The molecule has 0 amide bonds. The SMILES string of the molecule is C#CCOc1ccc(C=Nc2ccc(Oc3ccccc3)cc2)cc1OCC. The fourth-order valence-corrected chi connectivity index (χ4v) is 2.49. The van der Waals surface area contributed by atoms with Gasteiger partial charge in [0.2, 0.25) is 0 Å². The zero-order valence-corrected chi connectivity index (χ0v) is 15.7. The molecule has 0 radical (unpaired) electrons. The second-order valence-electron chi connectivity index (χ2n) is 5.80. The minimum atomic E-state index is 0.199. The Hall–Kier alpha value is -3.71. The predicted octanol–water partition coefficient (Wildman–Crippen LogP) is 5.64. The molecule has 140 valence electrons. The molecule has 3 aromatic rings. The maximum absolute atomic E-state index is 5.79. The van der Waals surface area contributed by atoms with Crippen molar-refractivity contribution in [1.82, 2.24) is 0 Å². The van der Waals surface area contributed by atoms with E-state index in [1.807, 2.05) is 79.7 Å². The van der Waals surface area contributed by atoms with Crippen molar-refractivity contribution in [3.8, 4) is 35.3 Å². The van der Waals surface area contributed by atoms with Crippen molar-refractivity contribution in [1.29, 1.82) is 0 Å². The fraction of sp³-hybridized carbons (Fsp3) is 0.125. The minimum absolute atomic E-state index is 0.199. The number of rotatable bonds is 8. The number of terminal acetylenes is 1. The molecule has 0 saturated carbocycles. The Labute approximate surface area is 165 Å². The van der Waals surface area contributed by atoms with E-state index in [0.29, 0.717) is 18.1 Å². The van der Waals surface area contributed by atoms with E-state index in [-0.39, 0.29) is 6.61 Å². The van der Waals surface area contributed by atoms with Crippen molar-refractivity contribution >= 4 is 11.9 Å². The molecular weight excluding hydrogens is 350 g/mol. The third-order valence-corrected chi connectivity index (χ3v) is 3.76. The Morgan fingerprint density at radius 3 is 2.36 bits per heavy atom. The average molecular weight is 371 g/mol. The second-order valence-corrected chi connectivity index (χ2v) is 5.80. The van der Waals surface area contributed by atoms with E-state index in [9.17, 15) is 0 Å². The first-order valence-corrected chi connectivity index (χ1v) is 8.98. The van der Waals surface area contributed by atoms with Crippen molar-refractivity contribution in [3.05, 3.63) is 78.4 Å². The van der Waals surface area contributed by atoms with Crippen LogP contribution in [0.4, 0.5) is 5.69 Å². The summed E-state index contributed by atoms with van der Waals surface area (Å²) in [6.07, 6.45) is 7.03.